The van der Waals surface area contributed by atoms with Crippen molar-refractivity contribution in [2.75, 3.05) is 19.6 Å². The number of nitrogens with one attached hydrogen (secondary N) is 2. The summed E-state index contributed by atoms with van der Waals surface area (Å²) in [5.41, 5.74) is 4.48. The molecule has 2 aliphatic heterocycles. The van der Waals surface area contributed by atoms with Crippen LogP contribution in [0.1, 0.15) is 35.9 Å². The van der Waals surface area contributed by atoms with E-state index in [1.54, 1.807) is 0 Å². The van der Waals surface area contributed by atoms with Crippen molar-refractivity contribution in [2.24, 2.45) is 0 Å². The Labute approximate surface area is 165 Å². The van der Waals surface area contributed by atoms with E-state index in [1.807, 2.05) is 23.1 Å². The predicted octanol–water partition coefficient (Wildman–Crippen LogP) is 1.25. The molecule has 7 nitrogen and oxygen atoms in total. The number of hydrogen-bond acceptors (Lipinski definition) is 4. The van der Waals surface area contributed by atoms with Gasteiger partial charge in [-0.3, -0.25) is 19.6 Å². The molecular weight excluding hydrogens is 354 g/mol. The molecule has 148 valence electrons. The Kier molecular flexibility index (Phi) is 5.43. The molecule has 7 heteroatoms. The standard InChI is InChI=1S/C21H27N5O2/c1-2-17-16-14-26(10-8-18(16)24-23-17)20(27)12-19-21(28)22-9-11-25(19)13-15-6-4-3-5-7-15/h3-7,19H,2,8-14H2,1H3,(H,22,28)(H,23,24)/t19-/m0/s1. The molecule has 1 atom stereocenters. The van der Waals surface area contributed by atoms with Gasteiger partial charge in [-0.1, -0.05) is 37.3 Å². The molecule has 0 spiro atoms. The van der Waals surface area contributed by atoms with Crippen molar-refractivity contribution in [3.05, 3.63) is 52.8 Å². The minimum absolute atomic E-state index is 0.0361. The first-order valence-corrected chi connectivity index (χ1v) is 10.0. The summed E-state index contributed by atoms with van der Waals surface area (Å²) in [6, 6.07) is 9.68. The molecule has 0 saturated carbocycles. The van der Waals surface area contributed by atoms with E-state index in [0.717, 1.165) is 41.9 Å². The number of aromatic amines is 1. The Balaban J connectivity index is 1.45. The molecule has 1 fully saturated rings. The lowest BCUT2D eigenvalue weighted by Crippen LogP contribution is -2.56. The van der Waals surface area contributed by atoms with E-state index in [9.17, 15) is 9.59 Å². The third-order valence-corrected chi connectivity index (χ3v) is 5.74. The summed E-state index contributed by atoms with van der Waals surface area (Å²) in [5.74, 6) is -0.0141. The zero-order chi connectivity index (χ0) is 19.5. The third kappa shape index (κ3) is 3.80. The van der Waals surface area contributed by atoms with E-state index in [4.69, 9.17) is 0 Å². The van der Waals surface area contributed by atoms with Crippen LogP contribution in [-0.4, -0.2) is 57.5 Å². The number of hydrogen-bond donors (Lipinski definition) is 2. The van der Waals surface area contributed by atoms with Gasteiger partial charge in [0.2, 0.25) is 11.8 Å². The van der Waals surface area contributed by atoms with Crippen molar-refractivity contribution in [3.8, 4) is 0 Å². The zero-order valence-corrected chi connectivity index (χ0v) is 16.3. The van der Waals surface area contributed by atoms with Gasteiger partial charge in [-0.05, 0) is 12.0 Å². The van der Waals surface area contributed by atoms with E-state index in [-0.39, 0.29) is 18.2 Å². The van der Waals surface area contributed by atoms with Crippen molar-refractivity contribution < 1.29 is 9.59 Å². The maximum absolute atomic E-state index is 13.0. The monoisotopic (exact) mass is 381 g/mol. The van der Waals surface area contributed by atoms with E-state index >= 15 is 0 Å². The van der Waals surface area contributed by atoms with Gasteiger partial charge < -0.3 is 10.2 Å². The van der Waals surface area contributed by atoms with Gasteiger partial charge in [0.05, 0.1) is 18.2 Å². The van der Waals surface area contributed by atoms with Gasteiger partial charge in [0.25, 0.3) is 0 Å². The number of aromatic nitrogens is 2. The number of carbonyl (C=O) groups is 2. The van der Waals surface area contributed by atoms with Gasteiger partial charge in [0.15, 0.2) is 0 Å². The lowest BCUT2D eigenvalue weighted by Gasteiger charge is -2.36. The number of amides is 2. The maximum atomic E-state index is 13.0. The summed E-state index contributed by atoms with van der Waals surface area (Å²) in [6.45, 7) is 5.39. The fraction of sp³-hybridized carbons (Fsp3) is 0.476. The van der Waals surface area contributed by atoms with Crippen molar-refractivity contribution >= 4 is 11.8 Å². The molecule has 2 aromatic rings. The van der Waals surface area contributed by atoms with E-state index < -0.39 is 6.04 Å². The van der Waals surface area contributed by atoms with Crippen LogP contribution in [-0.2, 0) is 35.5 Å². The van der Waals surface area contributed by atoms with Gasteiger partial charge in [0.1, 0.15) is 0 Å². The molecular formula is C21H27N5O2. The Morgan fingerprint density at radius 1 is 1.25 bits per heavy atom. The SMILES string of the molecule is CCc1n[nH]c2c1CN(C(=O)C[C@H]1C(=O)NCCN1Cc1ccccc1)CC2. The minimum Gasteiger partial charge on any atom is -0.353 e. The summed E-state index contributed by atoms with van der Waals surface area (Å²) < 4.78 is 0. The molecule has 0 aliphatic carbocycles. The molecule has 0 unspecified atom stereocenters. The first-order valence-electron chi connectivity index (χ1n) is 10.0. The van der Waals surface area contributed by atoms with Gasteiger partial charge in [-0.25, -0.2) is 0 Å². The van der Waals surface area contributed by atoms with Crippen molar-refractivity contribution in [3.63, 3.8) is 0 Å². The lowest BCUT2D eigenvalue weighted by molar-refractivity contribution is -0.139. The van der Waals surface area contributed by atoms with Crippen LogP contribution in [0.15, 0.2) is 30.3 Å². The Hall–Kier alpha value is -2.67. The second-order valence-electron chi connectivity index (χ2n) is 7.51. The molecule has 1 aromatic carbocycles. The number of rotatable bonds is 5. The first-order chi connectivity index (χ1) is 13.7. The first kappa shape index (κ1) is 18.7. The summed E-state index contributed by atoms with van der Waals surface area (Å²) in [5, 5.41) is 10.4. The second kappa shape index (κ2) is 8.14. The topological polar surface area (TPSA) is 81.3 Å². The smallest absolute Gasteiger partial charge is 0.237 e. The van der Waals surface area contributed by atoms with Crippen molar-refractivity contribution in [1.29, 1.82) is 0 Å². The van der Waals surface area contributed by atoms with Gasteiger partial charge in [0, 0.05) is 50.4 Å². The maximum Gasteiger partial charge on any atom is 0.237 e. The molecule has 0 radical (unpaired) electrons. The quantitative estimate of drug-likeness (QED) is 0.817. The van der Waals surface area contributed by atoms with Gasteiger partial charge in [-0.15, -0.1) is 0 Å². The van der Waals surface area contributed by atoms with E-state index in [2.05, 4.69) is 39.5 Å². The number of H-pyrrole nitrogens is 1. The van der Waals surface area contributed by atoms with Crippen LogP contribution in [0.5, 0.6) is 0 Å². The highest BCUT2D eigenvalue weighted by Crippen LogP contribution is 2.22. The fourth-order valence-corrected chi connectivity index (χ4v) is 4.15. The van der Waals surface area contributed by atoms with Crippen LogP contribution >= 0.6 is 0 Å². The number of benzene rings is 1. The average molecular weight is 381 g/mol. The zero-order valence-electron chi connectivity index (χ0n) is 16.3. The summed E-state index contributed by atoms with van der Waals surface area (Å²) in [6.07, 6.45) is 1.86. The Bertz CT molecular complexity index is 834. The van der Waals surface area contributed by atoms with Crippen molar-refractivity contribution in [1.82, 2.24) is 25.3 Å². The van der Waals surface area contributed by atoms with Crippen LogP contribution in [0.2, 0.25) is 0 Å². The Morgan fingerprint density at radius 3 is 2.86 bits per heavy atom. The molecule has 2 N–H and O–H groups in total. The molecule has 1 saturated heterocycles. The number of nitrogens with zero attached hydrogens (tertiary/aromatic N) is 3. The molecule has 0 bridgehead atoms. The average Bonchev–Trinajstić information content (AvgIpc) is 3.13. The van der Waals surface area contributed by atoms with Crippen molar-refractivity contribution in [2.45, 2.75) is 45.3 Å². The number of fused-ring (bicyclic) bond motifs is 1. The molecule has 1 aromatic heterocycles. The van der Waals surface area contributed by atoms with Crippen LogP contribution in [0, 0.1) is 0 Å². The summed E-state index contributed by atoms with van der Waals surface area (Å²) >= 11 is 0. The number of carbonyl (C=O) groups excluding carboxylic acids is 2. The normalized spacial score (nSPS) is 20.0. The van der Waals surface area contributed by atoms with Crippen LogP contribution in [0.4, 0.5) is 0 Å². The lowest BCUT2D eigenvalue weighted by atomic mass is 10.0. The van der Waals surface area contributed by atoms with Crippen LogP contribution < -0.4 is 5.32 Å². The van der Waals surface area contributed by atoms with Crippen LogP contribution in [0.25, 0.3) is 0 Å². The largest absolute Gasteiger partial charge is 0.353 e. The fourth-order valence-electron chi connectivity index (χ4n) is 4.15. The molecule has 2 aliphatic rings. The van der Waals surface area contributed by atoms with Gasteiger partial charge in [-0.2, -0.15) is 5.10 Å². The predicted molar refractivity (Wildman–Crippen MR) is 105 cm³/mol. The summed E-state index contributed by atoms with van der Waals surface area (Å²) in [4.78, 5) is 29.6. The molecule has 4 rings (SSSR count). The molecule has 3 heterocycles. The van der Waals surface area contributed by atoms with E-state index in [0.29, 0.717) is 26.2 Å². The highest BCUT2D eigenvalue weighted by atomic mass is 16.2. The van der Waals surface area contributed by atoms with E-state index in [1.165, 1.54) is 0 Å². The number of aryl methyl sites for hydroxylation is 1. The Morgan fingerprint density at radius 2 is 2.07 bits per heavy atom. The highest BCUT2D eigenvalue weighted by molar-refractivity contribution is 5.89. The van der Waals surface area contributed by atoms with Crippen LogP contribution in [0.3, 0.4) is 0 Å². The molecule has 28 heavy (non-hydrogen) atoms. The number of piperazine rings is 1. The molecule has 2 amide bonds. The second-order valence-corrected chi connectivity index (χ2v) is 7.51. The third-order valence-electron chi connectivity index (χ3n) is 5.74. The minimum atomic E-state index is -0.419. The highest BCUT2D eigenvalue weighted by Gasteiger charge is 2.34. The van der Waals surface area contributed by atoms with Gasteiger partial charge >= 0.3 is 0 Å². The summed E-state index contributed by atoms with van der Waals surface area (Å²) in [7, 11) is 0.